The lowest BCUT2D eigenvalue weighted by Gasteiger charge is -2.18. The molecule has 3 heteroatoms. The molecule has 0 radical (unpaired) electrons. The van der Waals surface area contributed by atoms with E-state index in [0.29, 0.717) is 12.3 Å². The van der Waals surface area contributed by atoms with Gasteiger partial charge in [-0.1, -0.05) is 39.5 Å². The van der Waals surface area contributed by atoms with Crippen molar-refractivity contribution in [3.8, 4) is 0 Å². The summed E-state index contributed by atoms with van der Waals surface area (Å²) in [6, 6.07) is 0. The molecule has 2 atom stereocenters. The zero-order valence-electron chi connectivity index (χ0n) is 10.2. The van der Waals surface area contributed by atoms with Gasteiger partial charge in [-0.15, -0.1) is 0 Å². The fourth-order valence-electron chi connectivity index (χ4n) is 1.73. The van der Waals surface area contributed by atoms with E-state index in [4.69, 9.17) is 0 Å². The van der Waals surface area contributed by atoms with Crippen molar-refractivity contribution in [1.29, 1.82) is 0 Å². The third kappa shape index (κ3) is 7.71. The van der Waals surface area contributed by atoms with Crippen LogP contribution in [0.4, 0.5) is 0 Å². The monoisotopic (exact) mass is 232 g/mol. The molecule has 0 aliphatic heterocycles. The van der Waals surface area contributed by atoms with Crippen LogP contribution in [0.1, 0.15) is 52.4 Å². The molecule has 0 amide bonds. The van der Waals surface area contributed by atoms with Gasteiger partial charge in [0.1, 0.15) is 0 Å². The molecule has 0 aromatic heterocycles. The highest BCUT2D eigenvalue weighted by molar-refractivity contribution is 7.81. The summed E-state index contributed by atoms with van der Waals surface area (Å²) in [4.78, 5) is 11.0. The Morgan fingerprint density at radius 3 is 2.53 bits per heavy atom. The number of thiol groups is 1. The van der Waals surface area contributed by atoms with Gasteiger partial charge < -0.3 is 4.74 Å². The van der Waals surface area contributed by atoms with E-state index in [1.807, 2.05) is 0 Å². The quantitative estimate of drug-likeness (QED) is 0.512. The number of ether oxygens (including phenoxy) is 1. The Hall–Kier alpha value is -0.180. The van der Waals surface area contributed by atoms with E-state index in [-0.39, 0.29) is 11.2 Å². The Bertz CT molecular complexity index is 171. The molecule has 0 heterocycles. The number of hydrogen-bond donors (Lipinski definition) is 1. The minimum absolute atomic E-state index is 0.152. The van der Waals surface area contributed by atoms with Crippen LogP contribution in [0.15, 0.2) is 0 Å². The Labute approximate surface area is 99.2 Å². The molecular weight excluding hydrogens is 208 g/mol. The van der Waals surface area contributed by atoms with Crippen LogP contribution >= 0.6 is 12.6 Å². The maximum Gasteiger partial charge on any atom is 0.306 e. The molecule has 0 aromatic rings. The average Bonchev–Trinajstić information content (AvgIpc) is 2.23. The first-order valence-electron chi connectivity index (χ1n) is 5.88. The third-order valence-electron chi connectivity index (χ3n) is 2.78. The maximum absolute atomic E-state index is 11.0. The van der Waals surface area contributed by atoms with E-state index in [9.17, 15) is 4.79 Å². The molecule has 0 aliphatic carbocycles. The van der Waals surface area contributed by atoms with Gasteiger partial charge in [0.2, 0.25) is 0 Å². The van der Waals surface area contributed by atoms with Gasteiger partial charge in [0.15, 0.2) is 0 Å². The molecule has 0 fully saturated rings. The van der Waals surface area contributed by atoms with E-state index in [1.54, 1.807) is 0 Å². The Balaban J connectivity index is 3.79. The molecular formula is C12H24O2S. The zero-order chi connectivity index (χ0) is 11.7. The van der Waals surface area contributed by atoms with Crippen LogP contribution in [0, 0.1) is 5.92 Å². The Morgan fingerprint density at radius 1 is 1.40 bits per heavy atom. The van der Waals surface area contributed by atoms with Crippen LogP contribution in [0.3, 0.4) is 0 Å². The first-order chi connectivity index (χ1) is 7.13. The van der Waals surface area contributed by atoms with Crippen molar-refractivity contribution in [2.24, 2.45) is 5.92 Å². The van der Waals surface area contributed by atoms with Crippen LogP contribution in [0.2, 0.25) is 0 Å². The number of methoxy groups -OCH3 is 1. The predicted molar refractivity (Wildman–Crippen MR) is 67.3 cm³/mol. The van der Waals surface area contributed by atoms with Gasteiger partial charge in [0.25, 0.3) is 0 Å². The minimum atomic E-state index is -0.152. The van der Waals surface area contributed by atoms with Gasteiger partial charge in [0.05, 0.1) is 13.5 Å². The van der Waals surface area contributed by atoms with Gasteiger partial charge in [-0.05, 0) is 12.3 Å². The average molecular weight is 232 g/mol. The summed E-state index contributed by atoms with van der Waals surface area (Å²) in [6.07, 6.45) is 6.41. The maximum atomic E-state index is 11.0. The molecule has 0 aliphatic rings. The van der Waals surface area contributed by atoms with Crippen LogP contribution < -0.4 is 0 Å². The zero-order valence-corrected chi connectivity index (χ0v) is 11.1. The van der Waals surface area contributed by atoms with Crippen LogP contribution in [0.5, 0.6) is 0 Å². The van der Waals surface area contributed by atoms with Crippen LogP contribution in [-0.4, -0.2) is 18.3 Å². The fourth-order valence-corrected chi connectivity index (χ4v) is 2.17. The van der Waals surface area contributed by atoms with E-state index in [0.717, 1.165) is 6.42 Å². The van der Waals surface area contributed by atoms with E-state index < -0.39 is 0 Å². The standard InChI is InChI=1S/C12H24O2S/c1-4-6-7-10(5-2)8-11(15)9-12(13)14-3/h10-11,15H,4-9H2,1-3H3. The molecule has 90 valence electrons. The van der Waals surface area contributed by atoms with E-state index in [2.05, 4.69) is 31.2 Å². The van der Waals surface area contributed by atoms with Gasteiger partial charge in [-0.2, -0.15) is 12.6 Å². The number of carbonyl (C=O) groups excluding carboxylic acids is 1. The molecule has 2 unspecified atom stereocenters. The normalized spacial score (nSPS) is 14.7. The van der Waals surface area contributed by atoms with Crippen molar-refractivity contribution >= 4 is 18.6 Å². The lowest BCUT2D eigenvalue weighted by atomic mass is 9.93. The van der Waals surface area contributed by atoms with Crippen LogP contribution in [-0.2, 0) is 9.53 Å². The molecule has 0 N–H and O–H groups in total. The summed E-state index contributed by atoms with van der Waals surface area (Å²) in [5, 5.41) is 0.152. The smallest absolute Gasteiger partial charge is 0.306 e. The Morgan fingerprint density at radius 2 is 2.07 bits per heavy atom. The second-order valence-electron chi connectivity index (χ2n) is 4.09. The summed E-state index contributed by atoms with van der Waals surface area (Å²) in [6.45, 7) is 4.41. The minimum Gasteiger partial charge on any atom is -0.469 e. The topological polar surface area (TPSA) is 26.3 Å². The summed E-state index contributed by atoms with van der Waals surface area (Å²) >= 11 is 4.44. The molecule has 0 spiro atoms. The van der Waals surface area contributed by atoms with Crippen molar-refractivity contribution in [2.75, 3.05) is 7.11 Å². The number of rotatable bonds is 8. The van der Waals surface area contributed by atoms with Gasteiger partial charge in [-0.3, -0.25) is 4.79 Å². The van der Waals surface area contributed by atoms with E-state index >= 15 is 0 Å². The molecule has 0 bridgehead atoms. The highest BCUT2D eigenvalue weighted by atomic mass is 32.1. The third-order valence-corrected chi connectivity index (χ3v) is 3.17. The van der Waals surface area contributed by atoms with E-state index in [1.165, 1.54) is 32.8 Å². The van der Waals surface area contributed by atoms with Crippen molar-refractivity contribution in [1.82, 2.24) is 0 Å². The lowest BCUT2D eigenvalue weighted by Crippen LogP contribution is -2.14. The predicted octanol–water partition coefficient (Wildman–Crippen LogP) is 3.45. The highest BCUT2D eigenvalue weighted by Gasteiger charge is 2.15. The van der Waals surface area contributed by atoms with Gasteiger partial charge >= 0.3 is 5.97 Å². The summed E-state index contributed by atoms with van der Waals surface area (Å²) in [7, 11) is 1.43. The highest BCUT2D eigenvalue weighted by Crippen LogP contribution is 2.22. The molecule has 15 heavy (non-hydrogen) atoms. The molecule has 2 nitrogen and oxygen atoms in total. The first-order valence-corrected chi connectivity index (χ1v) is 6.40. The molecule has 0 aromatic carbocycles. The lowest BCUT2D eigenvalue weighted by molar-refractivity contribution is -0.140. The second-order valence-corrected chi connectivity index (χ2v) is 4.82. The second kappa shape index (κ2) is 9.08. The number of carbonyl (C=O) groups is 1. The van der Waals surface area contributed by atoms with Crippen LogP contribution in [0.25, 0.3) is 0 Å². The number of esters is 1. The van der Waals surface area contributed by atoms with Gasteiger partial charge in [-0.25, -0.2) is 0 Å². The Kier molecular flexibility index (Phi) is 8.97. The molecule has 0 saturated heterocycles. The summed E-state index contributed by atoms with van der Waals surface area (Å²) < 4.78 is 4.63. The number of hydrogen-bond acceptors (Lipinski definition) is 3. The van der Waals surface area contributed by atoms with Crippen molar-refractivity contribution in [2.45, 2.75) is 57.6 Å². The molecule has 0 saturated carbocycles. The molecule has 0 rings (SSSR count). The number of unbranched alkanes of at least 4 members (excludes halogenated alkanes) is 1. The SMILES string of the molecule is CCCCC(CC)CC(S)CC(=O)OC. The largest absolute Gasteiger partial charge is 0.469 e. The summed E-state index contributed by atoms with van der Waals surface area (Å²) in [5.41, 5.74) is 0. The van der Waals surface area contributed by atoms with Crippen molar-refractivity contribution < 1.29 is 9.53 Å². The summed E-state index contributed by atoms with van der Waals surface area (Å²) in [5.74, 6) is 0.553. The van der Waals surface area contributed by atoms with Crippen molar-refractivity contribution in [3.05, 3.63) is 0 Å². The first kappa shape index (κ1) is 14.8. The van der Waals surface area contributed by atoms with Crippen molar-refractivity contribution in [3.63, 3.8) is 0 Å². The fraction of sp³-hybridized carbons (Fsp3) is 0.917. The van der Waals surface area contributed by atoms with Gasteiger partial charge in [0, 0.05) is 5.25 Å².